The van der Waals surface area contributed by atoms with Gasteiger partial charge in [0, 0.05) is 13.1 Å². The average molecular weight is 300 g/mol. The summed E-state index contributed by atoms with van der Waals surface area (Å²) in [5.41, 5.74) is 0.920. The lowest BCUT2D eigenvalue weighted by molar-refractivity contribution is 0.402. The van der Waals surface area contributed by atoms with Crippen molar-refractivity contribution in [3.05, 3.63) is 23.8 Å². The Morgan fingerprint density at radius 3 is 2.60 bits per heavy atom. The maximum Gasteiger partial charge on any atom is 0.244 e. The van der Waals surface area contributed by atoms with Crippen LogP contribution in [0.5, 0.6) is 5.75 Å². The van der Waals surface area contributed by atoms with Gasteiger partial charge in [0.1, 0.15) is 10.6 Å². The van der Waals surface area contributed by atoms with Gasteiger partial charge in [-0.25, -0.2) is 13.1 Å². The molecule has 6 heteroatoms. The first-order valence-corrected chi connectivity index (χ1v) is 8.40. The molecule has 0 radical (unpaired) electrons. The van der Waals surface area contributed by atoms with Gasteiger partial charge in [-0.05, 0) is 30.7 Å². The minimum absolute atomic E-state index is 0.200. The third-order valence-corrected chi connectivity index (χ3v) is 4.40. The minimum atomic E-state index is -3.53. The maximum atomic E-state index is 12.3. The van der Waals surface area contributed by atoms with Crippen LogP contribution in [-0.2, 0) is 16.6 Å². The second kappa shape index (κ2) is 8.24. The molecule has 0 bridgehead atoms. The Hall–Kier alpha value is -1.11. The molecule has 1 aromatic rings. The summed E-state index contributed by atoms with van der Waals surface area (Å²) in [6, 6.07) is 5.23. The van der Waals surface area contributed by atoms with Crippen molar-refractivity contribution < 1.29 is 13.2 Å². The number of rotatable bonds is 9. The average Bonchev–Trinajstić information content (AvgIpc) is 2.45. The molecule has 0 aromatic heterocycles. The lowest BCUT2D eigenvalue weighted by Crippen LogP contribution is -2.25. The fraction of sp³-hybridized carbons (Fsp3) is 0.571. The second-order valence-corrected chi connectivity index (χ2v) is 6.25. The molecule has 1 rings (SSSR count). The summed E-state index contributed by atoms with van der Waals surface area (Å²) in [6.07, 6.45) is 1.76. The normalized spacial score (nSPS) is 11.6. The number of sulfonamides is 1. The van der Waals surface area contributed by atoms with Crippen LogP contribution in [0.25, 0.3) is 0 Å². The van der Waals surface area contributed by atoms with E-state index in [2.05, 4.69) is 10.0 Å². The number of unbranched alkanes of at least 4 members (excludes halogenated alkanes) is 1. The zero-order valence-electron chi connectivity index (χ0n) is 12.4. The van der Waals surface area contributed by atoms with Crippen molar-refractivity contribution in [2.45, 2.75) is 38.1 Å². The summed E-state index contributed by atoms with van der Waals surface area (Å²) in [6.45, 7) is 5.94. The topological polar surface area (TPSA) is 67.4 Å². The van der Waals surface area contributed by atoms with Gasteiger partial charge in [0.2, 0.25) is 10.0 Å². The highest BCUT2D eigenvalue weighted by atomic mass is 32.2. The van der Waals surface area contributed by atoms with Gasteiger partial charge in [0.15, 0.2) is 0 Å². The van der Waals surface area contributed by atoms with Crippen LogP contribution in [0.1, 0.15) is 32.3 Å². The first kappa shape index (κ1) is 16.9. The van der Waals surface area contributed by atoms with E-state index in [9.17, 15) is 8.42 Å². The van der Waals surface area contributed by atoms with Gasteiger partial charge in [-0.15, -0.1) is 0 Å². The molecule has 0 fully saturated rings. The molecule has 20 heavy (non-hydrogen) atoms. The molecule has 0 aliphatic carbocycles. The molecule has 1 aromatic carbocycles. The third-order valence-electron chi connectivity index (χ3n) is 2.92. The van der Waals surface area contributed by atoms with E-state index in [0.29, 0.717) is 18.8 Å². The fourth-order valence-corrected chi connectivity index (χ4v) is 3.06. The second-order valence-electron chi connectivity index (χ2n) is 4.52. The van der Waals surface area contributed by atoms with Crippen molar-refractivity contribution in [1.29, 1.82) is 0 Å². The Labute approximate surface area is 121 Å². The molecule has 0 aliphatic rings. The Morgan fingerprint density at radius 2 is 2.00 bits per heavy atom. The minimum Gasteiger partial charge on any atom is -0.495 e. The van der Waals surface area contributed by atoms with Crippen LogP contribution in [0, 0.1) is 0 Å². The summed E-state index contributed by atoms with van der Waals surface area (Å²) in [5.74, 6) is 0.370. The summed E-state index contributed by atoms with van der Waals surface area (Å²) in [7, 11) is -2.05. The van der Waals surface area contributed by atoms with Gasteiger partial charge < -0.3 is 10.1 Å². The Bertz CT molecular complexity index is 515. The Kier molecular flexibility index (Phi) is 6.98. The van der Waals surface area contributed by atoms with E-state index < -0.39 is 10.0 Å². The van der Waals surface area contributed by atoms with E-state index in [4.69, 9.17) is 4.74 Å². The maximum absolute atomic E-state index is 12.3. The SMILES string of the molecule is CCCCNS(=O)(=O)c1cc(CNCC)ccc1OC. The molecule has 114 valence electrons. The molecule has 0 saturated carbocycles. The van der Waals surface area contributed by atoms with E-state index in [0.717, 1.165) is 24.9 Å². The summed E-state index contributed by atoms with van der Waals surface area (Å²) in [5, 5.41) is 3.18. The zero-order chi connectivity index (χ0) is 15.0. The Balaban J connectivity index is 3.00. The van der Waals surface area contributed by atoms with Crippen LogP contribution in [-0.4, -0.2) is 28.6 Å². The van der Waals surface area contributed by atoms with E-state index in [1.54, 1.807) is 12.1 Å². The highest BCUT2D eigenvalue weighted by Gasteiger charge is 2.19. The lowest BCUT2D eigenvalue weighted by Gasteiger charge is -2.12. The fourth-order valence-electron chi connectivity index (χ4n) is 1.77. The van der Waals surface area contributed by atoms with Gasteiger partial charge in [-0.1, -0.05) is 26.3 Å². The van der Waals surface area contributed by atoms with Crippen molar-refractivity contribution in [2.75, 3.05) is 20.2 Å². The predicted molar refractivity (Wildman–Crippen MR) is 80.5 cm³/mol. The first-order valence-electron chi connectivity index (χ1n) is 6.92. The predicted octanol–water partition coefficient (Wildman–Crippen LogP) is 1.88. The van der Waals surface area contributed by atoms with Crippen LogP contribution in [0.3, 0.4) is 0 Å². The number of methoxy groups -OCH3 is 1. The van der Waals surface area contributed by atoms with E-state index >= 15 is 0 Å². The highest BCUT2D eigenvalue weighted by molar-refractivity contribution is 7.89. The van der Waals surface area contributed by atoms with Crippen LogP contribution in [0.4, 0.5) is 0 Å². The summed E-state index contributed by atoms with van der Waals surface area (Å²) in [4.78, 5) is 0.200. The van der Waals surface area contributed by atoms with Gasteiger partial charge in [0.25, 0.3) is 0 Å². The lowest BCUT2D eigenvalue weighted by atomic mass is 10.2. The van der Waals surface area contributed by atoms with Crippen molar-refractivity contribution in [3.63, 3.8) is 0 Å². The van der Waals surface area contributed by atoms with Crippen LogP contribution < -0.4 is 14.8 Å². The van der Waals surface area contributed by atoms with E-state index in [1.165, 1.54) is 7.11 Å². The molecule has 0 atom stereocenters. The molecule has 0 unspecified atom stereocenters. The number of hydrogen-bond acceptors (Lipinski definition) is 4. The van der Waals surface area contributed by atoms with Crippen molar-refractivity contribution in [3.8, 4) is 5.75 Å². The monoisotopic (exact) mass is 300 g/mol. The van der Waals surface area contributed by atoms with Gasteiger partial charge in [-0.2, -0.15) is 0 Å². The van der Waals surface area contributed by atoms with Crippen LogP contribution in [0.15, 0.2) is 23.1 Å². The van der Waals surface area contributed by atoms with Crippen molar-refractivity contribution in [1.82, 2.24) is 10.0 Å². The number of benzene rings is 1. The quantitative estimate of drug-likeness (QED) is 0.683. The smallest absolute Gasteiger partial charge is 0.244 e. The van der Waals surface area contributed by atoms with Crippen LogP contribution in [0.2, 0.25) is 0 Å². The van der Waals surface area contributed by atoms with Crippen LogP contribution >= 0.6 is 0 Å². The molecule has 0 spiro atoms. The number of hydrogen-bond donors (Lipinski definition) is 2. The third kappa shape index (κ3) is 4.77. The zero-order valence-corrected chi connectivity index (χ0v) is 13.2. The molecule has 0 saturated heterocycles. The largest absolute Gasteiger partial charge is 0.495 e. The highest BCUT2D eigenvalue weighted by Crippen LogP contribution is 2.24. The van der Waals surface area contributed by atoms with Gasteiger partial charge >= 0.3 is 0 Å². The molecule has 5 nitrogen and oxygen atoms in total. The first-order chi connectivity index (χ1) is 9.55. The number of ether oxygens (including phenoxy) is 1. The molecule has 2 N–H and O–H groups in total. The summed E-state index contributed by atoms with van der Waals surface area (Å²) >= 11 is 0. The number of nitrogens with one attached hydrogen (secondary N) is 2. The Morgan fingerprint density at radius 1 is 1.25 bits per heavy atom. The van der Waals surface area contributed by atoms with E-state index in [-0.39, 0.29) is 4.90 Å². The van der Waals surface area contributed by atoms with Gasteiger partial charge in [-0.3, -0.25) is 0 Å². The molecular formula is C14H24N2O3S. The van der Waals surface area contributed by atoms with E-state index in [1.807, 2.05) is 19.9 Å². The molecule has 0 amide bonds. The van der Waals surface area contributed by atoms with Gasteiger partial charge in [0.05, 0.1) is 7.11 Å². The van der Waals surface area contributed by atoms with Crippen molar-refractivity contribution >= 4 is 10.0 Å². The summed E-state index contributed by atoms with van der Waals surface area (Å²) < 4.78 is 32.4. The standard InChI is InChI=1S/C14H24N2O3S/c1-4-6-9-16-20(17,18)14-10-12(11-15-5-2)7-8-13(14)19-3/h7-8,10,15-16H,4-6,9,11H2,1-3H3. The molecule has 0 heterocycles. The van der Waals surface area contributed by atoms with Crippen molar-refractivity contribution in [2.24, 2.45) is 0 Å². The molecular weight excluding hydrogens is 276 g/mol. The molecule has 0 aliphatic heterocycles.